The van der Waals surface area contributed by atoms with Crippen LogP contribution in [0, 0.1) is 24.7 Å². The average molecular weight is 444 g/mol. The van der Waals surface area contributed by atoms with Crippen molar-refractivity contribution in [2.45, 2.75) is 64.0 Å². The van der Waals surface area contributed by atoms with E-state index < -0.39 is 6.04 Å². The topological polar surface area (TPSA) is 69.7 Å². The van der Waals surface area contributed by atoms with E-state index in [1.165, 1.54) is 6.42 Å². The van der Waals surface area contributed by atoms with Gasteiger partial charge in [-0.3, -0.25) is 14.4 Å². The molecule has 4 atom stereocenters. The lowest BCUT2D eigenvalue weighted by molar-refractivity contribution is -0.150. The van der Waals surface area contributed by atoms with Crippen molar-refractivity contribution < 1.29 is 14.4 Å². The first kappa shape index (κ1) is 21.1. The van der Waals surface area contributed by atoms with Crippen LogP contribution in [-0.4, -0.2) is 59.6 Å². The summed E-state index contributed by atoms with van der Waals surface area (Å²) in [7, 11) is 0. The highest BCUT2D eigenvalue weighted by Crippen LogP contribution is 2.54. The molecule has 3 heterocycles. The van der Waals surface area contributed by atoms with Crippen molar-refractivity contribution in [1.82, 2.24) is 15.1 Å². The van der Waals surface area contributed by atoms with Crippen molar-refractivity contribution in [2.24, 2.45) is 17.8 Å². The largest absolute Gasteiger partial charge is 0.338 e. The van der Waals surface area contributed by atoms with Gasteiger partial charge in [0.05, 0.1) is 6.04 Å². The third-order valence-corrected chi connectivity index (χ3v) is 9.05. The van der Waals surface area contributed by atoms with Crippen molar-refractivity contribution in [3.05, 3.63) is 21.9 Å². The molecule has 6 nitrogen and oxygen atoms in total. The molecule has 5 rings (SSSR count). The monoisotopic (exact) mass is 443 g/mol. The quantitative estimate of drug-likeness (QED) is 0.780. The summed E-state index contributed by atoms with van der Waals surface area (Å²) >= 11 is 1.63. The molecule has 0 aromatic carbocycles. The minimum absolute atomic E-state index is 0.0104. The molecule has 4 aliphatic rings. The van der Waals surface area contributed by atoms with Crippen LogP contribution in [0.2, 0.25) is 0 Å². The van der Waals surface area contributed by atoms with Gasteiger partial charge in [-0.25, -0.2) is 0 Å². The van der Waals surface area contributed by atoms with Gasteiger partial charge in [0.1, 0.15) is 11.8 Å². The van der Waals surface area contributed by atoms with E-state index >= 15 is 0 Å². The highest BCUT2D eigenvalue weighted by atomic mass is 32.1. The lowest BCUT2D eigenvalue weighted by Crippen LogP contribution is -2.56. The summed E-state index contributed by atoms with van der Waals surface area (Å²) < 4.78 is 0. The Bertz CT molecular complexity index is 856. The van der Waals surface area contributed by atoms with E-state index in [2.05, 4.69) is 18.3 Å². The Morgan fingerprint density at radius 2 is 1.81 bits per heavy atom. The van der Waals surface area contributed by atoms with Gasteiger partial charge in [0.15, 0.2) is 0 Å². The molecular weight excluding hydrogens is 410 g/mol. The fourth-order valence-electron chi connectivity index (χ4n) is 6.40. The van der Waals surface area contributed by atoms with Gasteiger partial charge < -0.3 is 15.1 Å². The smallest absolute Gasteiger partial charge is 0.245 e. The van der Waals surface area contributed by atoms with E-state index in [1.54, 1.807) is 11.3 Å². The second kappa shape index (κ2) is 8.66. The third kappa shape index (κ3) is 3.63. The molecule has 0 spiro atoms. The van der Waals surface area contributed by atoms with Crippen LogP contribution in [0.3, 0.4) is 0 Å². The molecule has 168 valence electrons. The molecule has 4 fully saturated rings. The number of carbonyl (C=O) groups is 3. The van der Waals surface area contributed by atoms with Crippen molar-refractivity contribution in [2.75, 3.05) is 26.2 Å². The maximum atomic E-state index is 14.0. The number of rotatable bonds is 3. The summed E-state index contributed by atoms with van der Waals surface area (Å²) in [5, 5.41) is 5.36. The van der Waals surface area contributed by atoms with Crippen molar-refractivity contribution in [1.29, 1.82) is 0 Å². The van der Waals surface area contributed by atoms with Crippen LogP contribution in [0.5, 0.6) is 0 Å². The number of hydrogen-bond acceptors (Lipinski definition) is 5. The summed E-state index contributed by atoms with van der Waals surface area (Å²) in [5.74, 6) is 0.125. The number of hydrogen-bond donors (Lipinski definition) is 1. The van der Waals surface area contributed by atoms with Gasteiger partial charge in [0.2, 0.25) is 11.8 Å². The Kier molecular flexibility index (Phi) is 5.90. The normalized spacial score (nSPS) is 31.8. The van der Waals surface area contributed by atoms with Crippen molar-refractivity contribution in [3.63, 3.8) is 0 Å². The second-order valence-electron chi connectivity index (χ2n) is 9.71. The predicted octanol–water partition coefficient (Wildman–Crippen LogP) is 2.92. The Balaban J connectivity index is 1.56. The van der Waals surface area contributed by atoms with Gasteiger partial charge in [-0.05, 0) is 43.2 Å². The number of nitrogens with zero attached hydrogens (tertiary/aromatic N) is 2. The predicted molar refractivity (Wildman–Crippen MR) is 120 cm³/mol. The van der Waals surface area contributed by atoms with Gasteiger partial charge in [0, 0.05) is 55.2 Å². The van der Waals surface area contributed by atoms with Crippen LogP contribution < -0.4 is 5.32 Å². The third-order valence-electron chi connectivity index (χ3n) is 7.96. The number of thiophene rings is 1. The first-order chi connectivity index (χ1) is 15.1. The van der Waals surface area contributed by atoms with E-state index in [0.717, 1.165) is 55.6 Å². The average Bonchev–Trinajstić information content (AvgIpc) is 3.49. The molecule has 2 saturated heterocycles. The molecule has 1 aromatic rings. The molecule has 1 N–H and O–H groups in total. The molecule has 2 aliphatic heterocycles. The highest BCUT2D eigenvalue weighted by Gasteiger charge is 2.60. The minimum atomic E-state index is -0.490. The zero-order chi connectivity index (χ0) is 21.5. The van der Waals surface area contributed by atoms with E-state index in [-0.39, 0.29) is 41.4 Å². The lowest BCUT2D eigenvalue weighted by atomic mass is 9.87. The van der Waals surface area contributed by atoms with Crippen LogP contribution in [0.1, 0.15) is 61.4 Å². The summed E-state index contributed by atoms with van der Waals surface area (Å²) in [4.78, 5) is 45.9. The summed E-state index contributed by atoms with van der Waals surface area (Å²) in [6.45, 7) is 4.99. The summed E-state index contributed by atoms with van der Waals surface area (Å²) in [6.07, 6.45) is 6.41. The summed E-state index contributed by atoms with van der Waals surface area (Å²) in [5.41, 5.74) is 1.13. The SMILES string of the molecule is Cc1ccsc1C1C2C(=O)CCC2C(C(=O)N2CCNCC2)N1C(=O)C1CCCCC1. The van der Waals surface area contributed by atoms with Crippen LogP contribution >= 0.6 is 11.3 Å². The number of likely N-dealkylation sites (tertiary alicyclic amines) is 1. The maximum Gasteiger partial charge on any atom is 0.245 e. The molecule has 2 aliphatic carbocycles. The van der Waals surface area contributed by atoms with E-state index in [0.29, 0.717) is 19.5 Å². The Morgan fingerprint density at radius 3 is 2.48 bits per heavy atom. The van der Waals surface area contributed by atoms with Gasteiger partial charge in [-0.15, -0.1) is 11.3 Å². The first-order valence-electron chi connectivity index (χ1n) is 12.0. The number of aryl methyl sites for hydroxylation is 1. The second-order valence-corrected chi connectivity index (χ2v) is 10.7. The molecule has 31 heavy (non-hydrogen) atoms. The van der Waals surface area contributed by atoms with Crippen molar-refractivity contribution >= 4 is 28.9 Å². The van der Waals surface area contributed by atoms with Crippen LogP contribution in [0.25, 0.3) is 0 Å². The van der Waals surface area contributed by atoms with Crippen LogP contribution in [0.15, 0.2) is 11.4 Å². The molecule has 0 radical (unpaired) electrons. The first-order valence-corrected chi connectivity index (χ1v) is 12.8. The van der Waals surface area contributed by atoms with Crippen molar-refractivity contribution in [3.8, 4) is 0 Å². The van der Waals surface area contributed by atoms with Gasteiger partial charge in [-0.1, -0.05) is 19.3 Å². The number of nitrogens with one attached hydrogen (secondary N) is 1. The zero-order valence-electron chi connectivity index (χ0n) is 18.3. The minimum Gasteiger partial charge on any atom is -0.338 e. The van der Waals surface area contributed by atoms with Gasteiger partial charge in [-0.2, -0.15) is 0 Å². The molecule has 1 aromatic heterocycles. The highest BCUT2D eigenvalue weighted by molar-refractivity contribution is 7.10. The molecular formula is C24H33N3O3S. The Labute approximate surface area is 188 Å². The number of carbonyl (C=O) groups excluding carboxylic acids is 3. The molecule has 2 saturated carbocycles. The number of amides is 2. The van der Waals surface area contributed by atoms with E-state index in [4.69, 9.17) is 0 Å². The molecule has 4 unspecified atom stereocenters. The fourth-order valence-corrected chi connectivity index (χ4v) is 7.47. The number of ketones is 1. The van der Waals surface area contributed by atoms with E-state index in [1.807, 2.05) is 15.2 Å². The maximum absolute atomic E-state index is 14.0. The summed E-state index contributed by atoms with van der Waals surface area (Å²) in [6, 6.07) is 1.31. The number of fused-ring (bicyclic) bond motifs is 1. The zero-order valence-corrected chi connectivity index (χ0v) is 19.2. The number of piperazine rings is 1. The lowest BCUT2D eigenvalue weighted by Gasteiger charge is -2.38. The molecule has 2 amide bonds. The van der Waals surface area contributed by atoms with Gasteiger partial charge >= 0.3 is 0 Å². The van der Waals surface area contributed by atoms with Crippen LogP contribution in [-0.2, 0) is 14.4 Å². The van der Waals surface area contributed by atoms with Crippen LogP contribution in [0.4, 0.5) is 0 Å². The fraction of sp³-hybridized carbons (Fsp3) is 0.708. The standard InChI is InChI=1S/C24H33N3O3S/c1-15-9-14-31-22(15)21-19-17(7-8-18(19)28)20(24(30)26-12-10-25-11-13-26)27(21)23(29)16-5-3-2-4-6-16/h9,14,16-17,19-21,25H,2-8,10-13H2,1H3. The van der Waals surface area contributed by atoms with E-state index in [9.17, 15) is 14.4 Å². The van der Waals surface area contributed by atoms with Gasteiger partial charge in [0.25, 0.3) is 0 Å². The Hall–Kier alpha value is -1.73. The number of Topliss-reactive ketones (excluding diaryl/α,β-unsaturated/α-hetero) is 1. The Morgan fingerprint density at radius 1 is 1.06 bits per heavy atom. The molecule has 7 heteroatoms. The molecule has 0 bridgehead atoms.